The lowest BCUT2D eigenvalue weighted by molar-refractivity contribution is -0.128. The van der Waals surface area contributed by atoms with Crippen LogP contribution in [0.15, 0.2) is 65.6 Å². The molecule has 1 heterocycles. The number of benzene rings is 2. The van der Waals surface area contributed by atoms with Crippen molar-refractivity contribution in [2.75, 3.05) is 11.6 Å². The summed E-state index contributed by atoms with van der Waals surface area (Å²) in [5.41, 5.74) is 0.837. The fourth-order valence-electron chi connectivity index (χ4n) is 2.80. The summed E-state index contributed by atoms with van der Waals surface area (Å²) in [7, 11) is -7.86. The second-order valence-corrected chi connectivity index (χ2v) is 9.81. The fraction of sp³-hybridized carbons (Fsp3) is 0.235. The number of sulfonamides is 1. The average Bonchev–Trinajstić information content (AvgIpc) is 2.79. The van der Waals surface area contributed by atoms with Gasteiger partial charge in [0.15, 0.2) is 9.84 Å². The van der Waals surface area contributed by atoms with Crippen LogP contribution in [0.25, 0.3) is 0 Å². The van der Waals surface area contributed by atoms with Crippen molar-refractivity contribution >= 4 is 25.8 Å². The highest BCUT2D eigenvalue weighted by molar-refractivity contribution is 7.94. The van der Waals surface area contributed by atoms with Gasteiger partial charge in [-0.15, -0.1) is 0 Å². The molecule has 1 saturated heterocycles. The standard InChI is InChI=1S/C17H17NO5S2/c19-17-15(11-14-7-3-1-4-8-14)12-25(22,23)18(17)13-24(20,21)16-9-5-2-6-10-16/h1-10,15H,11-13H2. The summed E-state index contributed by atoms with van der Waals surface area (Å²) in [6, 6.07) is 16.6. The van der Waals surface area contributed by atoms with Crippen LogP contribution in [-0.2, 0) is 31.1 Å². The summed E-state index contributed by atoms with van der Waals surface area (Å²) in [4.78, 5) is 12.5. The van der Waals surface area contributed by atoms with Crippen molar-refractivity contribution in [1.82, 2.24) is 4.31 Å². The van der Waals surface area contributed by atoms with E-state index in [1.54, 1.807) is 30.3 Å². The molecule has 25 heavy (non-hydrogen) atoms. The number of sulfone groups is 1. The second-order valence-electron chi connectivity index (χ2n) is 5.91. The monoisotopic (exact) mass is 379 g/mol. The Hall–Kier alpha value is -2.19. The van der Waals surface area contributed by atoms with E-state index in [2.05, 4.69) is 0 Å². The number of carbonyl (C=O) groups excluding carboxylic acids is 1. The minimum absolute atomic E-state index is 0.00971. The highest BCUT2D eigenvalue weighted by Gasteiger charge is 2.45. The zero-order valence-electron chi connectivity index (χ0n) is 13.3. The number of carbonyl (C=O) groups is 1. The van der Waals surface area contributed by atoms with Crippen molar-refractivity contribution in [2.45, 2.75) is 11.3 Å². The third kappa shape index (κ3) is 3.74. The van der Waals surface area contributed by atoms with Crippen LogP contribution in [-0.4, -0.2) is 38.7 Å². The summed E-state index contributed by atoms with van der Waals surface area (Å²) >= 11 is 0. The highest BCUT2D eigenvalue weighted by atomic mass is 32.2. The molecule has 0 aromatic heterocycles. The Morgan fingerprint density at radius 3 is 2.12 bits per heavy atom. The van der Waals surface area contributed by atoms with Crippen LogP contribution in [0.4, 0.5) is 0 Å². The first-order valence-corrected chi connectivity index (χ1v) is 10.9. The van der Waals surface area contributed by atoms with Crippen molar-refractivity contribution in [3.05, 3.63) is 66.2 Å². The molecule has 1 aliphatic rings. The number of amides is 1. The van der Waals surface area contributed by atoms with Gasteiger partial charge < -0.3 is 0 Å². The van der Waals surface area contributed by atoms with E-state index in [0.29, 0.717) is 4.31 Å². The van der Waals surface area contributed by atoms with Crippen molar-refractivity contribution in [1.29, 1.82) is 0 Å². The second kappa shape index (κ2) is 6.61. The van der Waals surface area contributed by atoms with E-state index in [4.69, 9.17) is 0 Å². The molecular weight excluding hydrogens is 362 g/mol. The van der Waals surface area contributed by atoms with E-state index in [-0.39, 0.29) is 17.1 Å². The molecule has 0 aliphatic carbocycles. The first-order chi connectivity index (χ1) is 11.8. The van der Waals surface area contributed by atoms with Gasteiger partial charge in [-0.2, -0.15) is 0 Å². The first kappa shape index (κ1) is 17.6. The van der Waals surface area contributed by atoms with Crippen molar-refractivity contribution in [2.24, 2.45) is 5.92 Å². The smallest absolute Gasteiger partial charge is 0.241 e. The predicted molar refractivity (Wildman–Crippen MR) is 92.8 cm³/mol. The van der Waals surface area contributed by atoms with Gasteiger partial charge in [-0.3, -0.25) is 4.79 Å². The largest absolute Gasteiger partial charge is 0.273 e. The maximum absolute atomic E-state index is 12.5. The molecular formula is C17H17NO5S2. The molecule has 2 aromatic carbocycles. The molecule has 3 rings (SSSR count). The summed E-state index contributed by atoms with van der Waals surface area (Å²) in [5, 5.41) is 0. The highest BCUT2D eigenvalue weighted by Crippen LogP contribution is 2.26. The van der Waals surface area contributed by atoms with Crippen LogP contribution in [0.3, 0.4) is 0 Å². The molecule has 1 fully saturated rings. The molecule has 0 N–H and O–H groups in total. The van der Waals surface area contributed by atoms with E-state index in [1.165, 1.54) is 12.1 Å². The summed E-state index contributed by atoms with van der Waals surface area (Å²) in [6.07, 6.45) is 0.265. The van der Waals surface area contributed by atoms with Crippen LogP contribution in [0.5, 0.6) is 0 Å². The molecule has 2 aromatic rings. The van der Waals surface area contributed by atoms with E-state index in [9.17, 15) is 21.6 Å². The van der Waals surface area contributed by atoms with E-state index in [1.807, 2.05) is 18.2 Å². The SMILES string of the molecule is O=C1C(Cc2ccccc2)CS(=O)(=O)N1CS(=O)(=O)c1ccccc1. The van der Waals surface area contributed by atoms with Gasteiger partial charge in [0.05, 0.1) is 16.6 Å². The van der Waals surface area contributed by atoms with E-state index >= 15 is 0 Å². The molecule has 6 nitrogen and oxygen atoms in total. The summed E-state index contributed by atoms with van der Waals surface area (Å²) in [5.74, 6) is -2.66. The Balaban J connectivity index is 1.83. The quantitative estimate of drug-likeness (QED) is 0.784. The van der Waals surface area contributed by atoms with Crippen LogP contribution in [0.2, 0.25) is 0 Å². The maximum atomic E-state index is 12.5. The number of nitrogens with zero attached hydrogens (tertiary/aromatic N) is 1. The molecule has 1 unspecified atom stereocenters. The minimum Gasteiger partial charge on any atom is -0.273 e. The van der Waals surface area contributed by atoms with Crippen molar-refractivity contribution in [3.63, 3.8) is 0 Å². The zero-order chi connectivity index (χ0) is 18.1. The zero-order valence-corrected chi connectivity index (χ0v) is 14.9. The van der Waals surface area contributed by atoms with Gasteiger partial charge in [-0.05, 0) is 24.1 Å². The number of hydrogen-bond acceptors (Lipinski definition) is 5. The Kier molecular flexibility index (Phi) is 4.66. The first-order valence-electron chi connectivity index (χ1n) is 7.65. The lowest BCUT2D eigenvalue weighted by Gasteiger charge is -2.15. The molecule has 0 saturated carbocycles. The van der Waals surface area contributed by atoms with Gasteiger partial charge >= 0.3 is 0 Å². The summed E-state index contributed by atoms with van der Waals surface area (Å²) < 4.78 is 50.0. The topological polar surface area (TPSA) is 88.6 Å². The predicted octanol–water partition coefficient (Wildman–Crippen LogP) is 1.45. The number of hydrogen-bond donors (Lipinski definition) is 0. The van der Waals surface area contributed by atoms with Gasteiger partial charge in [-0.1, -0.05) is 48.5 Å². The van der Waals surface area contributed by atoms with Gasteiger partial charge in [0.1, 0.15) is 5.88 Å². The van der Waals surface area contributed by atoms with Crippen molar-refractivity contribution < 1.29 is 21.6 Å². The van der Waals surface area contributed by atoms with Crippen LogP contribution >= 0.6 is 0 Å². The molecule has 0 bridgehead atoms. The molecule has 1 amide bonds. The Morgan fingerprint density at radius 1 is 0.960 bits per heavy atom. The molecule has 0 spiro atoms. The third-order valence-corrected chi connectivity index (χ3v) is 7.61. The summed E-state index contributed by atoms with van der Waals surface area (Å²) in [6.45, 7) is 0. The van der Waals surface area contributed by atoms with Crippen LogP contribution in [0, 0.1) is 5.92 Å². The third-order valence-electron chi connectivity index (χ3n) is 4.06. The van der Waals surface area contributed by atoms with Crippen LogP contribution in [0.1, 0.15) is 5.56 Å². The Labute approximate surface area is 147 Å². The maximum Gasteiger partial charge on any atom is 0.241 e. The van der Waals surface area contributed by atoms with Gasteiger partial charge in [0, 0.05) is 0 Å². The molecule has 0 radical (unpaired) electrons. The van der Waals surface area contributed by atoms with E-state index in [0.717, 1.165) is 5.56 Å². The van der Waals surface area contributed by atoms with Gasteiger partial charge in [-0.25, -0.2) is 21.1 Å². The van der Waals surface area contributed by atoms with Gasteiger partial charge in [0.25, 0.3) is 0 Å². The Morgan fingerprint density at radius 2 is 1.52 bits per heavy atom. The molecule has 8 heteroatoms. The molecule has 1 aliphatic heterocycles. The number of rotatable bonds is 5. The molecule has 132 valence electrons. The normalized spacial score (nSPS) is 19.9. The molecule has 1 atom stereocenters. The lowest BCUT2D eigenvalue weighted by atomic mass is 10.0. The average molecular weight is 379 g/mol. The van der Waals surface area contributed by atoms with Crippen molar-refractivity contribution in [3.8, 4) is 0 Å². The fourth-order valence-corrected chi connectivity index (χ4v) is 6.39. The van der Waals surface area contributed by atoms with Gasteiger partial charge in [0.2, 0.25) is 15.9 Å². The van der Waals surface area contributed by atoms with Crippen LogP contribution < -0.4 is 0 Å². The van der Waals surface area contributed by atoms with E-state index < -0.39 is 37.6 Å². The minimum atomic E-state index is -3.94. The Bertz CT molecular complexity index is 970. The lowest BCUT2D eigenvalue weighted by Crippen LogP contribution is -2.35.